The predicted octanol–water partition coefficient (Wildman–Crippen LogP) is 4.69. The second kappa shape index (κ2) is 9.80. The number of benzene rings is 2. The van der Waals surface area contributed by atoms with Gasteiger partial charge < -0.3 is 14.4 Å². The molecule has 1 aromatic heterocycles. The molecule has 160 valence electrons. The van der Waals surface area contributed by atoms with Crippen LogP contribution in [-0.2, 0) is 6.42 Å². The van der Waals surface area contributed by atoms with E-state index in [2.05, 4.69) is 33.8 Å². The van der Waals surface area contributed by atoms with E-state index in [0.29, 0.717) is 35.5 Å². The van der Waals surface area contributed by atoms with Gasteiger partial charge in [0.25, 0.3) is 5.91 Å². The Bertz CT molecular complexity index is 1090. The number of carbonyl (C=O) groups excluding carboxylic acids is 1. The summed E-state index contributed by atoms with van der Waals surface area (Å²) in [4.78, 5) is 12.4. The van der Waals surface area contributed by atoms with Gasteiger partial charge >= 0.3 is 0 Å². The average molecular weight is 418 g/mol. The Morgan fingerprint density at radius 2 is 1.84 bits per heavy atom. The highest BCUT2D eigenvalue weighted by atomic mass is 16.5. The molecule has 0 fully saturated rings. The Hall–Kier alpha value is -3.80. The van der Waals surface area contributed by atoms with Crippen molar-refractivity contribution in [1.29, 1.82) is 0 Å². The molecule has 0 spiro atoms. The molecular formula is C25H27N3O3. The summed E-state index contributed by atoms with van der Waals surface area (Å²) >= 11 is 0. The molecule has 2 N–H and O–H groups in total. The van der Waals surface area contributed by atoms with Gasteiger partial charge in [-0.05, 0) is 81.3 Å². The minimum absolute atomic E-state index is 0.0937. The number of aromatic hydroxyl groups is 1. The number of allylic oxidation sites excluding steroid dienone is 1. The number of nitrogens with one attached hydrogen (secondary N) is 1. The van der Waals surface area contributed by atoms with E-state index in [1.54, 1.807) is 30.3 Å². The van der Waals surface area contributed by atoms with Gasteiger partial charge in [0.15, 0.2) is 11.5 Å². The highest BCUT2D eigenvalue weighted by Crippen LogP contribution is 2.32. The zero-order valence-electron chi connectivity index (χ0n) is 18.1. The molecule has 6 heteroatoms. The van der Waals surface area contributed by atoms with E-state index in [1.807, 2.05) is 32.9 Å². The number of aryl methyl sites for hydroxylation is 2. The summed E-state index contributed by atoms with van der Waals surface area (Å²) in [5.41, 5.74) is 7.71. The summed E-state index contributed by atoms with van der Waals surface area (Å²) in [6, 6.07) is 15.0. The fourth-order valence-corrected chi connectivity index (χ4v) is 3.41. The summed E-state index contributed by atoms with van der Waals surface area (Å²) in [6.07, 6.45) is 3.72. The Morgan fingerprint density at radius 3 is 2.45 bits per heavy atom. The molecule has 0 radical (unpaired) electrons. The fraction of sp³-hybridized carbons (Fsp3) is 0.200. The van der Waals surface area contributed by atoms with Crippen LogP contribution >= 0.6 is 0 Å². The van der Waals surface area contributed by atoms with Crippen LogP contribution in [0.1, 0.15) is 39.8 Å². The van der Waals surface area contributed by atoms with Crippen LogP contribution in [0.15, 0.2) is 66.3 Å². The molecule has 0 unspecified atom stereocenters. The quantitative estimate of drug-likeness (QED) is 0.317. The fourth-order valence-electron chi connectivity index (χ4n) is 3.41. The van der Waals surface area contributed by atoms with Gasteiger partial charge in [-0.15, -0.1) is 6.58 Å². The molecular weight excluding hydrogens is 390 g/mol. The smallest absolute Gasteiger partial charge is 0.271 e. The van der Waals surface area contributed by atoms with Crippen molar-refractivity contribution in [3.63, 3.8) is 0 Å². The maximum Gasteiger partial charge on any atom is 0.271 e. The highest BCUT2D eigenvalue weighted by molar-refractivity contribution is 5.95. The maximum absolute atomic E-state index is 12.4. The van der Waals surface area contributed by atoms with Gasteiger partial charge in [0.1, 0.15) is 0 Å². The second-order valence-corrected chi connectivity index (χ2v) is 7.15. The highest BCUT2D eigenvalue weighted by Gasteiger charge is 2.10. The number of carbonyl (C=O) groups is 1. The molecule has 2 aromatic carbocycles. The normalized spacial score (nSPS) is 10.9. The molecule has 3 aromatic rings. The molecule has 0 atom stereocenters. The predicted molar refractivity (Wildman–Crippen MR) is 123 cm³/mol. The van der Waals surface area contributed by atoms with Crippen LogP contribution in [0, 0.1) is 13.8 Å². The van der Waals surface area contributed by atoms with Crippen LogP contribution in [-0.4, -0.2) is 28.4 Å². The van der Waals surface area contributed by atoms with Gasteiger partial charge in [0, 0.05) is 28.2 Å². The first kappa shape index (κ1) is 21.9. The molecule has 0 saturated carbocycles. The van der Waals surface area contributed by atoms with Crippen molar-refractivity contribution in [1.82, 2.24) is 9.99 Å². The Labute approximate surface area is 182 Å². The van der Waals surface area contributed by atoms with Crippen molar-refractivity contribution in [3.8, 4) is 17.2 Å². The van der Waals surface area contributed by atoms with E-state index in [1.165, 1.54) is 6.21 Å². The van der Waals surface area contributed by atoms with E-state index in [-0.39, 0.29) is 11.7 Å². The molecule has 3 rings (SSSR count). The topological polar surface area (TPSA) is 75.9 Å². The van der Waals surface area contributed by atoms with Gasteiger partial charge in [-0.1, -0.05) is 6.08 Å². The monoisotopic (exact) mass is 417 g/mol. The molecule has 1 heterocycles. The Kier molecular flexibility index (Phi) is 6.92. The van der Waals surface area contributed by atoms with Crippen molar-refractivity contribution in [2.75, 3.05) is 6.61 Å². The molecule has 0 aliphatic carbocycles. The number of aromatic nitrogens is 1. The van der Waals surface area contributed by atoms with Crippen LogP contribution in [0.25, 0.3) is 5.69 Å². The summed E-state index contributed by atoms with van der Waals surface area (Å²) in [7, 11) is 0. The minimum Gasteiger partial charge on any atom is -0.504 e. The number of phenols is 1. The van der Waals surface area contributed by atoms with Gasteiger partial charge in [-0.3, -0.25) is 4.79 Å². The zero-order valence-corrected chi connectivity index (χ0v) is 18.1. The lowest BCUT2D eigenvalue weighted by Crippen LogP contribution is -2.17. The molecule has 0 aliphatic rings. The van der Waals surface area contributed by atoms with Crippen molar-refractivity contribution in [2.45, 2.75) is 27.2 Å². The molecule has 0 aliphatic heterocycles. The van der Waals surface area contributed by atoms with Crippen LogP contribution in [0.2, 0.25) is 0 Å². The number of amides is 1. The first-order chi connectivity index (χ1) is 14.9. The van der Waals surface area contributed by atoms with Crippen molar-refractivity contribution >= 4 is 12.1 Å². The van der Waals surface area contributed by atoms with Crippen molar-refractivity contribution < 1.29 is 14.6 Å². The summed E-state index contributed by atoms with van der Waals surface area (Å²) in [5, 5.41) is 14.3. The SMILES string of the molecule is C=CCc1cc(/C=N\NC(=O)c2ccc(-n3c(C)ccc3C)cc2)cc(OCC)c1O. The molecule has 6 nitrogen and oxygen atoms in total. The lowest BCUT2D eigenvalue weighted by Gasteiger charge is -2.11. The van der Waals surface area contributed by atoms with Gasteiger partial charge in [-0.25, -0.2) is 5.43 Å². The third kappa shape index (κ3) is 5.04. The number of hydrazone groups is 1. The first-order valence-electron chi connectivity index (χ1n) is 10.1. The van der Waals surface area contributed by atoms with Gasteiger partial charge in [0.05, 0.1) is 12.8 Å². The second-order valence-electron chi connectivity index (χ2n) is 7.15. The standard InChI is InChI=1S/C25H27N3O3/c1-5-7-21-14-19(15-23(24(21)29)31-6-2)16-26-27-25(30)20-10-12-22(13-11-20)28-17(3)8-9-18(28)4/h5,8-16,29H,1,6-7H2,2-4H3,(H,27,30)/b26-16-. The van der Waals surface area contributed by atoms with Crippen molar-refractivity contribution in [2.24, 2.45) is 5.10 Å². The molecule has 0 saturated heterocycles. The molecule has 0 bridgehead atoms. The van der Waals surface area contributed by atoms with Gasteiger partial charge in [0.2, 0.25) is 0 Å². The van der Waals surface area contributed by atoms with Crippen LogP contribution in [0.3, 0.4) is 0 Å². The van der Waals surface area contributed by atoms with Gasteiger partial charge in [-0.2, -0.15) is 5.10 Å². The molecule has 1 amide bonds. The number of phenolic OH excluding ortho intramolecular Hbond substituents is 1. The number of hydrogen-bond donors (Lipinski definition) is 2. The third-order valence-corrected chi connectivity index (χ3v) is 4.88. The van der Waals surface area contributed by atoms with Crippen LogP contribution in [0.5, 0.6) is 11.5 Å². The molecule has 31 heavy (non-hydrogen) atoms. The lowest BCUT2D eigenvalue weighted by molar-refractivity contribution is 0.0955. The third-order valence-electron chi connectivity index (χ3n) is 4.88. The largest absolute Gasteiger partial charge is 0.504 e. The van der Waals surface area contributed by atoms with Crippen molar-refractivity contribution in [3.05, 3.63) is 89.3 Å². The van der Waals surface area contributed by atoms with E-state index in [0.717, 1.165) is 17.1 Å². The van der Waals surface area contributed by atoms with E-state index < -0.39 is 0 Å². The number of hydrogen-bond acceptors (Lipinski definition) is 4. The zero-order chi connectivity index (χ0) is 22.4. The number of ether oxygens (including phenoxy) is 1. The summed E-state index contributed by atoms with van der Waals surface area (Å²) in [5.74, 6) is 0.163. The first-order valence-corrected chi connectivity index (χ1v) is 10.1. The number of nitrogens with zero attached hydrogens (tertiary/aromatic N) is 2. The number of rotatable bonds is 8. The van der Waals surface area contributed by atoms with Crippen LogP contribution in [0.4, 0.5) is 0 Å². The summed E-state index contributed by atoms with van der Waals surface area (Å²) in [6.45, 7) is 10.1. The Morgan fingerprint density at radius 1 is 1.16 bits per heavy atom. The Balaban J connectivity index is 1.72. The van der Waals surface area contributed by atoms with E-state index >= 15 is 0 Å². The minimum atomic E-state index is -0.307. The summed E-state index contributed by atoms with van der Waals surface area (Å²) < 4.78 is 7.61. The van der Waals surface area contributed by atoms with Crippen LogP contribution < -0.4 is 10.2 Å². The average Bonchev–Trinajstić information content (AvgIpc) is 3.09. The lowest BCUT2D eigenvalue weighted by atomic mass is 10.1. The van der Waals surface area contributed by atoms with E-state index in [4.69, 9.17) is 4.74 Å². The maximum atomic E-state index is 12.4. The van der Waals surface area contributed by atoms with E-state index in [9.17, 15) is 9.90 Å².